The number of methoxy groups -OCH3 is 1. The predicted octanol–water partition coefficient (Wildman–Crippen LogP) is 3.53. The summed E-state index contributed by atoms with van der Waals surface area (Å²) in [5.74, 6) is 1.40. The number of hydrogen-bond donors (Lipinski definition) is 0. The van der Waals surface area contributed by atoms with E-state index in [4.69, 9.17) is 21.1 Å². The van der Waals surface area contributed by atoms with Crippen LogP contribution in [-0.2, 0) is 4.79 Å². The average molecular weight is 414 g/mol. The number of halogens is 1. The summed E-state index contributed by atoms with van der Waals surface area (Å²) < 4.78 is 10.8. The number of piperazine rings is 1. The van der Waals surface area contributed by atoms with Crippen LogP contribution in [0.1, 0.15) is 18.0 Å². The summed E-state index contributed by atoms with van der Waals surface area (Å²) in [5, 5.41) is 10.2. The maximum absolute atomic E-state index is 12.5. The Hall–Kier alpha value is -2.75. The fraction of sp³-hybridized carbons (Fsp3) is 0.364. The van der Waals surface area contributed by atoms with Gasteiger partial charge in [-0.25, -0.2) is 0 Å². The lowest BCUT2D eigenvalue weighted by atomic mass is 10.1. The number of ether oxygens (including phenoxy) is 2. The van der Waals surface area contributed by atoms with Crippen LogP contribution in [0.5, 0.6) is 11.5 Å². The Bertz CT molecular complexity index is 858. The molecule has 0 bridgehead atoms. The molecule has 1 aliphatic rings. The van der Waals surface area contributed by atoms with Gasteiger partial charge >= 0.3 is 0 Å². The summed E-state index contributed by atoms with van der Waals surface area (Å²) in [7, 11) is 1.62. The highest BCUT2D eigenvalue weighted by molar-refractivity contribution is 6.32. The van der Waals surface area contributed by atoms with Crippen LogP contribution in [0.4, 0.5) is 0 Å². The maximum atomic E-state index is 12.5. The molecule has 152 valence electrons. The number of carbonyl (C=O) groups excluding carboxylic acids is 1. The molecule has 1 atom stereocenters. The standard InChI is InChI=1S/C22H24ClN3O3/c1-28-18-8-6-17(7-9-18)20(16-24)25-11-13-26(14-12-25)22(27)10-15-29-21-5-3-2-4-19(21)23/h2-9,20H,10-15H2,1H3. The Labute approximate surface area is 176 Å². The Morgan fingerprint density at radius 3 is 2.45 bits per heavy atom. The van der Waals surface area contributed by atoms with Gasteiger partial charge in [0.05, 0.1) is 31.2 Å². The van der Waals surface area contributed by atoms with Gasteiger partial charge in [-0.05, 0) is 29.8 Å². The molecule has 1 fully saturated rings. The number of nitrogens with zero attached hydrogens (tertiary/aromatic N) is 3. The Morgan fingerprint density at radius 1 is 1.14 bits per heavy atom. The number of carbonyl (C=O) groups is 1. The highest BCUT2D eigenvalue weighted by Gasteiger charge is 2.27. The highest BCUT2D eigenvalue weighted by atomic mass is 35.5. The Balaban J connectivity index is 1.48. The van der Waals surface area contributed by atoms with Gasteiger partial charge in [0.25, 0.3) is 0 Å². The van der Waals surface area contributed by atoms with Crippen molar-refractivity contribution in [1.82, 2.24) is 9.80 Å². The molecule has 6 nitrogen and oxygen atoms in total. The minimum atomic E-state index is -0.332. The summed E-state index contributed by atoms with van der Waals surface area (Å²) in [6.07, 6.45) is 0.297. The van der Waals surface area contributed by atoms with Crippen LogP contribution in [0.15, 0.2) is 48.5 Å². The van der Waals surface area contributed by atoms with Gasteiger partial charge in [0.1, 0.15) is 17.5 Å². The number of benzene rings is 2. The Kier molecular flexibility index (Phi) is 7.34. The predicted molar refractivity (Wildman–Crippen MR) is 111 cm³/mol. The van der Waals surface area contributed by atoms with Crippen molar-refractivity contribution in [2.24, 2.45) is 0 Å². The summed E-state index contributed by atoms with van der Waals surface area (Å²) >= 11 is 6.06. The van der Waals surface area contributed by atoms with E-state index in [1.165, 1.54) is 0 Å². The fourth-order valence-corrected chi connectivity index (χ4v) is 3.54. The van der Waals surface area contributed by atoms with Crippen molar-refractivity contribution in [3.05, 3.63) is 59.1 Å². The van der Waals surface area contributed by atoms with Crippen molar-refractivity contribution in [3.8, 4) is 17.6 Å². The normalized spacial score (nSPS) is 15.4. The van der Waals surface area contributed by atoms with E-state index >= 15 is 0 Å². The smallest absolute Gasteiger partial charge is 0.226 e. The summed E-state index contributed by atoms with van der Waals surface area (Å²) in [6, 6.07) is 16.8. The topological polar surface area (TPSA) is 65.8 Å². The third-order valence-corrected chi connectivity index (χ3v) is 5.31. The van der Waals surface area contributed by atoms with Crippen LogP contribution in [-0.4, -0.2) is 55.6 Å². The second-order valence-electron chi connectivity index (χ2n) is 6.75. The van der Waals surface area contributed by atoms with Crippen LogP contribution in [0, 0.1) is 11.3 Å². The van der Waals surface area contributed by atoms with Crippen LogP contribution >= 0.6 is 11.6 Å². The van der Waals surface area contributed by atoms with E-state index in [2.05, 4.69) is 11.0 Å². The van der Waals surface area contributed by atoms with Crippen molar-refractivity contribution in [3.63, 3.8) is 0 Å². The maximum Gasteiger partial charge on any atom is 0.226 e. The third-order valence-electron chi connectivity index (χ3n) is 5.00. The van der Waals surface area contributed by atoms with Gasteiger partial charge < -0.3 is 14.4 Å². The molecule has 0 saturated carbocycles. The molecular formula is C22H24ClN3O3. The molecule has 1 aliphatic heterocycles. The number of para-hydroxylation sites is 1. The van der Waals surface area contributed by atoms with Crippen molar-refractivity contribution in [2.75, 3.05) is 39.9 Å². The Morgan fingerprint density at radius 2 is 1.83 bits per heavy atom. The first kappa shape index (κ1) is 21.0. The molecule has 0 aliphatic carbocycles. The molecule has 1 amide bonds. The monoisotopic (exact) mass is 413 g/mol. The van der Waals surface area contributed by atoms with Gasteiger partial charge in [-0.2, -0.15) is 5.26 Å². The van der Waals surface area contributed by atoms with E-state index in [-0.39, 0.29) is 18.6 Å². The zero-order valence-electron chi connectivity index (χ0n) is 16.4. The van der Waals surface area contributed by atoms with Crippen molar-refractivity contribution in [1.29, 1.82) is 5.26 Å². The first-order chi connectivity index (χ1) is 14.1. The first-order valence-corrected chi connectivity index (χ1v) is 9.93. The van der Waals surface area contributed by atoms with Crippen LogP contribution < -0.4 is 9.47 Å². The molecule has 2 aromatic carbocycles. The van der Waals surface area contributed by atoms with E-state index in [1.807, 2.05) is 41.3 Å². The zero-order chi connectivity index (χ0) is 20.6. The van der Waals surface area contributed by atoms with Gasteiger partial charge in [0.15, 0.2) is 0 Å². The van der Waals surface area contributed by atoms with E-state index in [1.54, 1.807) is 19.2 Å². The zero-order valence-corrected chi connectivity index (χ0v) is 17.1. The molecule has 29 heavy (non-hydrogen) atoms. The largest absolute Gasteiger partial charge is 0.497 e. The molecule has 0 aromatic heterocycles. The van der Waals surface area contributed by atoms with Crippen molar-refractivity contribution in [2.45, 2.75) is 12.5 Å². The lowest BCUT2D eigenvalue weighted by Crippen LogP contribution is -2.49. The van der Waals surface area contributed by atoms with E-state index in [9.17, 15) is 10.1 Å². The summed E-state index contributed by atoms with van der Waals surface area (Å²) in [5.41, 5.74) is 0.932. The minimum absolute atomic E-state index is 0.0506. The molecule has 0 spiro atoms. The molecule has 0 radical (unpaired) electrons. The second-order valence-corrected chi connectivity index (χ2v) is 7.16. The molecule has 7 heteroatoms. The first-order valence-electron chi connectivity index (χ1n) is 9.55. The lowest BCUT2D eigenvalue weighted by molar-refractivity contribution is -0.133. The van der Waals surface area contributed by atoms with Crippen LogP contribution in [0.3, 0.4) is 0 Å². The third kappa shape index (κ3) is 5.41. The number of amides is 1. The van der Waals surface area contributed by atoms with Gasteiger partial charge in [0.2, 0.25) is 5.91 Å². The molecule has 3 rings (SSSR count). The van der Waals surface area contributed by atoms with Gasteiger partial charge in [-0.1, -0.05) is 35.9 Å². The molecule has 1 saturated heterocycles. The molecule has 1 unspecified atom stereocenters. The number of hydrogen-bond acceptors (Lipinski definition) is 5. The van der Waals surface area contributed by atoms with Gasteiger partial charge in [-0.3, -0.25) is 9.69 Å². The molecule has 2 aromatic rings. The van der Waals surface area contributed by atoms with E-state index in [0.29, 0.717) is 43.4 Å². The SMILES string of the molecule is COc1ccc(C(C#N)N2CCN(C(=O)CCOc3ccccc3Cl)CC2)cc1. The minimum Gasteiger partial charge on any atom is -0.497 e. The molecular weight excluding hydrogens is 390 g/mol. The quantitative estimate of drug-likeness (QED) is 0.694. The average Bonchev–Trinajstić information content (AvgIpc) is 2.76. The number of nitriles is 1. The van der Waals surface area contributed by atoms with Crippen LogP contribution in [0.25, 0.3) is 0 Å². The van der Waals surface area contributed by atoms with E-state index < -0.39 is 0 Å². The van der Waals surface area contributed by atoms with Crippen molar-refractivity contribution >= 4 is 17.5 Å². The molecule has 0 N–H and O–H groups in total. The van der Waals surface area contributed by atoms with Gasteiger partial charge in [-0.15, -0.1) is 0 Å². The van der Waals surface area contributed by atoms with Crippen LogP contribution in [0.2, 0.25) is 5.02 Å². The van der Waals surface area contributed by atoms with Crippen molar-refractivity contribution < 1.29 is 14.3 Å². The lowest BCUT2D eigenvalue weighted by Gasteiger charge is -2.37. The fourth-order valence-electron chi connectivity index (χ4n) is 3.35. The second kappa shape index (κ2) is 10.1. The highest BCUT2D eigenvalue weighted by Crippen LogP contribution is 2.25. The molecule has 1 heterocycles. The van der Waals surface area contributed by atoms with Gasteiger partial charge in [0, 0.05) is 26.2 Å². The number of rotatable bonds is 7. The summed E-state index contributed by atoms with van der Waals surface area (Å²) in [4.78, 5) is 16.4. The van der Waals surface area contributed by atoms with E-state index in [0.717, 1.165) is 11.3 Å². The summed E-state index contributed by atoms with van der Waals surface area (Å²) in [6.45, 7) is 2.79.